The zero-order chi connectivity index (χ0) is 17.9. The topological polar surface area (TPSA) is 92.8 Å². The lowest BCUT2D eigenvalue weighted by molar-refractivity contribution is -0.135. The first kappa shape index (κ1) is 16.6. The summed E-state index contributed by atoms with van der Waals surface area (Å²) in [5, 5.41) is 2.69. The van der Waals surface area contributed by atoms with Crippen molar-refractivity contribution in [1.29, 1.82) is 0 Å². The molecule has 1 fully saturated rings. The van der Waals surface area contributed by atoms with Gasteiger partial charge in [0.25, 0.3) is 11.8 Å². The number of nitrogens with zero attached hydrogens (tertiary/aromatic N) is 2. The fourth-order valence-electron chi connectivity index (χ4n) is 3.06. The summed E-state index contributed by atoms with van der Waals surface area (Å²) in [6, 6.07) is 6.80. The maximum atomic E-state index is 12.5. The first-order valence-corrected chi connectivity index (χ1v) is 9.24. The smallest absolute Gasteiger partial charge is 0.283 e. The summed E-state index contributed by atoms with van der Waals surface area (Å²) in [6.45, 7) is 0.864. The fourth-order valence-corrected chi connectivity index (χ4v) is 3.78. The highest BCUT2D eigenvalue weighted by Gasteiger charge is 2.33. The standard InChI is InChI=1S/C17H18N4O4S/c22-15(11-4-3-8-21(11)17-18-7-9-26-17)19-20-16(23)14-10-24-12-5-1-2-6-13(12)25-14/h1-2,5-7,9,11,14H,3-4,8,10H2,(H,19,22)(H,20,23). The molecule has 0 aliphatic carbocycles. The summed E-state index contributed by atoms with van der Waals surface area (Å²) < 4.78 is 11.1. The molecule has 2 atom stereocenters. The molecule has 2 amide bonds. The average Bonchev–Trinajstić information content (AvgIpc) is 3.36. The van der Waals surface area contributed by atoms with Crippen LogP contribution in [0, 0.1) is 0 Å². The van der Waals surface area contributed by atoms with Crippen molar-refractivity contribution in [3.63, 3.8) is 0 Å². The molecule has 2 aliphatic heterocycles. The molecule has 2 aromatic rings. The van der Waals surface area contributed by atoms with E-state index in [-0.39, 0.29) is 18.6 Å². The monoisotopic (exact) mass is 374 g/mol. The van der Waals surface area contributed by atoms with E-state index in [1.165, 1.54) is 11.3 Å². The molecule has 26 heavy (non-hydrogen) atoms. The molecule has 9 heteroatoms. The van der Waals surface area contributed by atoms with Crippen LogP contribution in [0.4, 0.5) is 5.13 Å². The molecule has 1 saturated heterocycles. The molecule has 2 N–H and O–H groups in total. The molecule has 1 aromatic carbocycles. The van der Waals surface area contributed by atoms with Gasteiger partial charge in [-0.3, -0.25) is 20.4 Å². The van der Waals surface area contributed by atoms with Crippen LogP contribution in [-0.2, 0) is 9.59 Å². The number of hydrogen-bond donors (Lipinski definition) is 2. The number of benzene rings is 1. The highest BCUT2D eigenvalue weighted by molar-refractivity contribution is 7.13. The summed E-state index contributed by atoms with van der Waals surface area (Å²) in [6.07, 6.45) is 2.52. The van der Waals surface area contributed by atoms with Gasteiger partial charge < -0.3 is 14.4 Å². The Hall–Kier alpha value is -2.81. The lowest BCUT2D eigenvalue weighted by Crippen LogP contribution is -2.54. The first-order chi connectivity index (χ1) is 12.7. The average molecular weight is 374 g/mol. The third-order valence-corrected chi connectivity index (χ3v) is 5.14. The van der Waals surface area contributed by atoms with Crippen molar-refractivity contribution >= 4 is 28.3 Å². The van der Waals surface area contributed by atoms with E-state index in [1.807, 2.05) is 16.3 Å². The van der Waals surface area contributed by atoms with Crippen LogP contribution in [0.5, 0.6) is 11.5 Å². The highest BCUT2D eigenvalue weighted by atomic mass is 32.1. The maximum Gasteiger partial charge on any atom is 0.283 e. The van der Waals surface area contributed by atoms with Crippen molar-refractivity contribution < 1.29 is 19.1 Å². The van der Waals surface area contributed by atoms with Crippen LogP contribution < -0.4 is 25.2 Å². The number of hydrogen-bond acceptors (Lipinski definition) is 7. The fraction of sp³-hybridized carbons (Fsp3) is 0.353. The number of carbonyl (C=O) groups is 2. The lowest BCUT2D eigenvalue weighted by atomic mass is 10.2. The number of thiazole rings is 1. The van der Waals surface area contributed by atoms with Gasteiger partial charge in [-0.25, -0.2) is 4.98 Å². The van der Waals surface area contributed by atoms with Crippen molar-refractivity contribution in [2.24, 2.45) is 0 Å². The van der Waals surface area contributed by atoms with Gasteiger partial charge in [0, 0.05) is 18.1 Å². The van der Waals surface area contributed by atoms with Gasteiger partial charge in [0.2, 0.25) is 6.10 Å². The molecule has 1 aromatic heterocycles. The number of para-hydroxylation sites is 2. The van der Waals surface area contributed by atoms with Crippen LogP contribution >= 0.6 is 11.3 Å². The minimum absolute atomic E-state index is 0.0907. The number of rotatable bonds is 3. The molecular weight excluding hydrogens is 356 g/mol. The zero-order valence-corrected chi connectivity index (χ0v) is 14.7. The first-order valence-electron chi connectivity index (χ1n) is 8.37. The molecule has 2 aliphatic rings. The number of amides is 2. The zero-order valence-electron chi connectivity index (χ0n) is 13.9. The van der Waals surface area contributed by atoms with Crippen LogP contribution in [-0.4, -0.2) is 42.1 Å². The van der Waals surface area contributed by atoms with Gasteiger partial charge >= 0.3 is 0 Å². The van der Waals surface area contributed by atoms with Crippen LogP contribution in [0.3, 0.4) is 0 Å². The van der Waals surface area contributed by atoms with Crippen LogP contribution in [0.25, 0.3) is 0 Å². The van der Waals surface area contributed by atoms with E-state index < -0.39 is 12.0 Å². The summed E-state index contributed by atoms with van der Waals surface area (Å²) in [5.74, 6) is 0.399. The molecule has 8 nitrogen and oxygen atoms in total. The van der Waals surface area contributed by atoms with E-state index in [0.717, 1.165) is 24.5 Å². The Morgan fingerprint density at radius 3 is 2.81 bits per heavy atom. The van der Waals surface area contributed by atoms with E-state index in [9.17, 15) is 9.59 Å². The van der Waals surface area contributed by atoms with Crippen LogP contribution in [0.1, 0.15) is 12.8 Å². The van der Waals surface area contributed by atoms with Gasteiger partial charge in [-0.1, -0.05) is 12.1 Å². The van der Waals surface area contributed by atoms with E-state index >= 15 is 0 Å². The maximum absolute atomic E-state index is 12.5. The molecule has 2 unspecified atom stereocenters. The Morgan fingerprint density at radius 1 is 1.19 bits per heavy atom. The summed E-state index contributed by atoms with van der Waals surface area (Å²) >= 11 is 1.49. The van der Waals surface area contributed by atoms with E-state index in [4.69, 9.17) is 9.47 Å². The lowest BCUT2D eigenvalue weighted by Gasteiger charge is -2.26. The molecule has 0 radical (unpaired) electrons. The number of nitrogens with one attached hydrogen (secondary N) is 2. The number of ether oxygens (including phenoxy) is 2. The Morgan fingerprint density at radius 2 is 2.00 bits per heavy atom. The van der Waals surface area contributed by atoms with Crippen molar-refractivity contribution in [3.8, 4) is 11.5 Å². The van der Waals surface area contributed by atoms with Gasteiger partial charge in [0.05, 0.1) is 0 Å². The summed E-state index contributed by atoms with van der Waals surface area (Å²) in [5.41, 5.74) is 4.94. The van der Waals surface area contributed by atoms with Gasteiger partial charge in [-0.2, -0.15) is 0 Å². The molecule has 4 rings (SSSR count). The van der Waals surface area contributed by atoms with Gasteiger partial charge in [-0.05, 0) is 25.0 Å². The van der Waals surface area contributed by atoms with Crippen molar-refractivity contribution in [1.82, 2.24) is 15.8 Å². The molecule has 0 saturated carbocycles. The number of anilines is 1. The van der Waals surface area contributed by atoms with Gasteiger partial charge in [0.15, 0.2) is 16.6 Å². The third-order valence-electron chi connectivity index (χ3n) is 4.33. The second-order valence-electron chi connectivity index (χ2n) is 6.01. The minimum atomic E-state index is -0.816. The number of hydrazine groups is 1. The van der Waals surface area contributed by atoms with E-state index in [0.29, 0.717) is 11.5 Å². The largest absolute Gasteiger partial charge is 0.485 e. The molecule has 136 valence electrons. The van der Waals surface area contributed by atoms with Crippen molar-refractivity contribution in [2.75, 3.05) is 18.1 Å². The predicted molar refractivity (Wildman–Crippen MR) is 95.1 cm³/mol. The Kier molecular flexibility index (Phi) is 4.61. The van der Waals surface area contributed by atoms with Crippen molar-refractivity contribution in [2.45, 2.75) is 25.0 Å². The minimum Gasteiger partial charge on any atom is -0.485 e. The number of fused-ring (bicyclic) bond motifs is 1. The van der Waals surface area contributed by atoms with Gasteiger partial charge in [-0.15, -0.1) is 11.3 Å². The predicted octanol–water partition coefficient (Wildman–Crippen LogP) is 1.10. The molecule has 0 spiro atoms. The Labute approximate surface area is 154 Å². The Bertz CT molecular complexity index is 798. The summed E-state index contributed by atoms with van der Waals surface area (Å²) in [7, 11) is 0. The highest BCUT2D eigenvalue weighted by Crippen LogP contribution is 2.31. The van der Waals surface area contributed by atoms with Gasteiger partial charge in [0.1, 0.15) is 12.6 Å². The second-order valence-corrected chi connectivity index (χ2v) is 6.88. The second kappa shape index (κ2) is 7.20. The quantitative estimate of drug-likeness (QED) is 0.782. The molecular formula is C17H18N4O4S. The number of carbonyl (C=O) groups excluding carboxylic acids is 2. The summed E-state index contributed by atoms with van der Waals surface area (Å²) in [4.78, 5) is 31.0. The molecule has 3 heterocycles. The molecule has 0 bridgehead atoms. The van der Waals surface area contributed by atoms with Crippen molar-refractivity contribution in [3.05, 3.63) is 35.8 Å². The van der Waals surface area contributed by atoms with Crippen LogP contribution in [0.15, 0.2) is 35.8 Å². The van der Waals surface area contributed by atoms with E-state index in [1.54, 1.807) is 24.4 Å². The third kappa shape index (κ3) is 3.30. The normalized spacial score (nSPS) is 21.3. The van der Waals surface area contributed by atoms with E-state index in [2.05, 4.69) is 15.8 Å². The Balaban J connectivity index is 1.32. The SMILES string of the molecule is O=C(NNC(=O)C1CCCN1c1nccs1)C1COc2ccccc2O1. The number of aromatic nitrogens is 1. The van der Waals surface area contributed by atoms with Crippen LogP contribution in [0.2, 0.25) is 0 Å².